The monoisotopic (exact) mass is 472 g/mol. The van der Waals surface area contributed by atoms with E-state index in [1.165, 1.54) is 16.4 Å². The largest absolute Gasteiger partial charge is 0.379 e. The molecule has 1 aliphatic rings. The average molecular weight is 474 g/mol. The molecule has 0 aromatic heterocycles. The van der Waals surface area contributed by atoms with Crippen molar-refractivity contribution in [2.45, 2.75) is 11.8 Å². The molecule has 1 saturated heterocycles. The predicted octanol–water partition coefficient (Wildman–Crippen LogP) is 3.68. The van der Waals surface area contributed by atoms with Crippen molar-refractivity contribution in [3.05, 3.63) is 57.0 Å². The molecule has 27 heavy (non-hydrogen) atoms. The van der Waals surface area contributed by atoms with E-state index in [1.807, 2.05) is 0 Å². The lowest BCUT2D eigenvalue weighted by atomic mass is 10.1. The fraction of sp³-hybridized carbons (Fsp3) is 0.278. The molecule has 0 unspecified atom stereocenters. The highest BCUT2D eigenvalue weighted by atomic mass is 79.9. The summed E-state index contributed by atoms with van der Waals surface area (Å²) < 4.78 is 33.0. The van der Waals surface area contributed by atoms with Gasteiger partial charge in [0.2, 0.25) is 10.0 Å². The maximum Gasteiger partial charge on any atom is 0.255 e. The minimum atomic E-state index is -3.67. The highest BCUT2D eigenvalue weighted by Gasteiger charge is 2.27. The van der Waals surface area contributed by atoms with E-state index in [0.29, 0.717) is 48.1 Å². The summed E-state index contributed by atoms with van der Waals surface area (Å²) in [5, 5.41) is 3.22. The van der Waals surface area contributed by atoms with Crippen LogP contribution in [-0.2, 0) is 14.8 Å². The number of aryl methyl sites for hydroxylation is 1. The Morgan fingerprint density at radius 1 is 1.19 bits per heavy atom. The van der Waals surface area contributed by atoms with Crippen LogP contribution in [-0.4, -0.2) is 44.9 Å². The summed E-state index contributed by atoms with van der Waals surface area (Å²) >= 11 is 9.35. The second-order valence-corrected chi connectivity index (χ2v) is 9.28. The summed E-state index contributed by atoms with van der Waals surface area (Å²) in [4.78, 5) is 12.8. The Kier molecular flexibility index (Phi) is 6.22. The topological polar surface area (TPSA) is 75.7 Å². The number of hydrogen-bond donors (Lipinski definition) is 1. The normalized spacial score (nSPS) is 15.5. The van der Waals surface area contributed by atoms with Gasteiger partial charge >= 0.3 is 0 Å². The molecule has 1 heterocycles. The van der Waals surface area contributed by atoms with Crippen LogP contribution in [0.5, 0.6) is 0 Å². The van der Waals surface area contributed by atoms with E-state index in [0.717, 1.165) is 4.47 Å². The lowest BCUT2D eigenvalue weighted by Crippen LogP contribution is -2.40. The number of sulfonamides is 1. The first-order valence-corrected chi connectivity index (χ1v) is 10.8. The van der Waals surface area contributed by atoms with Crippen LogP contribution in [0.25, 0.3) is 0 Å². The van der Waals surface area contributed by atoms with E-state index in [9.17, 15) is 13.2 Å². The number of carbonyl (C=O) groups is 1. The first-order chi connectivity index (χ1) is 12.8. The van der Waals surface area contributed by atoms with Gasteiger partial charge in [0.25, 0.3) is 5.91 Å². The van der Waals surface area contributed by atoms with Crippen molar-refractivity contribution in [3.8, 4) is 0 Å². The Bertz CT molecular complexity index is 975. The van der Waals surface area contributed by atoms with Crippen molar-refractivity contribution in [2.75, 3.05) is 31.6 Å². The maximum atomic E-state index is 12.8. The van der Waals surface area contributed by atoms with Crippen molar-refractivity contribution in [1.82, 2.24) is 4.31 Å². The van der Waals surface area contributed by atoms with Gasteiger partial charge in [-0.25, -0.2) is 8.42 Å². The van der Waals surface area contributed by atoms with Gasteiger partial charge in [-0.15, -0.1) is 0 Å². The van der Waals surface area contributed by atoms with Gasteiger partial charge in [-0.3, -0.25) is 4.79 Å². The Labute approximate surface area is 171 Å². The van der Waals surface area contributed by atoms with Gasteiger partial charge in [0.05, 0.1) is 23.1 Å². The number of rotatable bonds is 4. The predicted molar refractivity (Wildman–Crippen MR) is 108 cm³/mol. The molecular formula is C18H18BrClN2O4S. The number of ether oxygens (including phenoxy) is 1. The van der Waals surface area contributed by atoms with E-state index in [-0.39, 0.29) is 4.90 Å². The molecule has 0 spiro atoms. The molecule has 144 valence electrons. The molecule has 1 fully saturated rings. The second-order valence-electron chi connectivity index (χ2n) is 6.08. The zero-order valence-corrected chi connectivity index (χ0v) is 17.7. The minimum Gasteiger partial charge on any atom is -0.379 e. The summed E-state index contributed by atoms with van der Waals surface area (Å²) in [6, 6.07) is 9.62. The number of carbonyl (C=O) groups excluding carboxylic acids is 1. The number of anilines is 1. The van der Waals surface area contributed by atoms with Crippen molar-refractivity contribution in [3.63, 3.8) is 0 Å². The molecule has 9 heteroatoms. The van der Waals surface area contributed by atoms with E-state index in [4.69, 9.17) is 16.3 Å². The van der Waals surface area contributed by atoms with Gasteiger partial charge < -0.3 is 10.1 Å². The van der Waals surface area contributed by atoms with Crippen molar-refractivity contribution in [1.29, 1.82) is 0 Å². The fourth-order valence-electron chi connectivity index (χ4n) is 2.71. The van der Waals surface area contributed by atoms with Crippen LogP contribution in [0.4, 0.5) is 5.69 Å². The molecule has 2 aromatic carbocycles. The van der Waals surface area contributed by atoms with Crippen molar-refractivity contribution >= 4 is 49.1 Å². The Hall–Kier alpha value is -1.45. The summed E-state index contributed by atoms with van der Waals surface area (Å²) in [6.45, 7) is 3.09. The summed E-state index contributed by atoms with van der Waals surface area (Å²) in [5.41, 5.74) is 1.49. The molecule has 3 rings (SSSR count). The summed E-state index contributed by atoms with van der Waals surface area (Å²) in [6.07, 6.45) is 0. The fourth-order valence-corrected chi connectivity index (χ4v) is 4.58. The lowest BCUT2D eigenvalue weighted by molar-refractivity contribution is 0.0730. The maximum absolute atomic E-state index is 12.8. The summed E-state index contributed by atoms with van der Waals surface area (Å²) in [5.74, 6) is -0.398. The van der Waals surface area contributed by atoms with Crippen LogP contribution in [0, 0.1) is 6.92 Å². The molecule has 0 radical (unpaired) electrons. The Morgan fingerprint density at radius 2 is 1.89 bits per heavy atom. The molecule has 0 atom stereocenters. The average Bonchev–Trinajstić information content (AvgIpc) is 2.65. The Morgan fingerprint density at radius 3 is 2.56 bits per heavy atom. The van der Waals surface area contributed by atoms with Gasteiger partial charge in [0, 0.05) is 28.8 Å². The molecule has 6 nitrogen and oxygen atoms in total. The number of nitrogens with zero attached hydrogens (tertiary/aromatic N) is 1. The molecule has 0 bridgehead atoms. The molecule has 1 aliphatic heterocycles. The van der Waals surface area contributed by atoms with Gasteiger partial charge in [0.15, 0.2) is 0 Å². The number of morpholine rings is 1. The molecule has 0 saturated carbocycles. The van der Waals surface area contributed by atoms with Crippen LogP contribution in [0.1, 0.15) is 15.9 Å². The number of amides is 1. The summed E-state index contributed by atoms with van der Waals surface area (Å²) in [7, 11) is -3.67. The minimum absolute atomic E-state index is 0.0917. The van der Waals surface area contributed by atoms with Crippen molar-refractivity contribution in [2.24, 2.45) is 0 Å². The third kappa shape index (κ3) is 4.52. The highest BCUT2D eigenvalue weighted by molar-refractivity contribution is 9.10. The highest BCUT2D eigenvalue weighted by Crippen LogP contribution is 2.26. The number of nitrogens with one attached hydrogen (secondary N) is 1. The molecule has 1 N–H and O–H groups in total. The molecule has 0 aliphatic carbocycles. The number of benzene rings is 2. The lowest BCUT2D eigenvalue weighted by Gasteiger charge is -2.26. The van der Waals surface area contributed by atoms with Gasteiger partial charge in [0.1, 0.15) is 0 Å². The first-order valence-electron chi connectivity index (χ1n) is 8.24. The van der Waals surface area contributed by atoms with Crippen LogP contribution in [0.3, 0.4) is 0 Å². The second kappa shape index (κ2) is 8.28. The number of hydrogen-bond acceptors (Lipinski definition) is 4. The molecular weight excluding hydrogens is 456 g/mol. The van der Waals surface area contributed by atoms with E-state index >= 15 is 0 Å². The Balaban J connectivity index is 1.88. The van der Waals surface area contributed by atoms with Gasteiger partial charge in [-0.1, -0.05) is 17.7 Å². The molecule has 2 aromatic rings. The van der Waals surface area contributed by atoms with Crippen molar-refractivity contribution < 1.29 is 17.9 Å². The standard InChI is InChI=1S/C18H18BrClN2O4S/c1-12-2-4-14(27(24,25)22-6-8-26-9-7-22)11-15(12)18(23)21-13-3-5-16(19)17(20)10-13/h2-5,10-11H,6-9H2,1H3,(H,21,23). The SMILES string of the molecule is Cc1ccc(S(=O)(=O)N2CCOCC2)cc1C(=O)Nc1ccc(Br)c(Cl)c1. The smallest absolute Gasteiger partial charge is 0.255 e. The molecule has 1 amide bonds. The van der Waals surface area contributed by atoms with Gasteiger partial charge in [-0.2, -0.15) is 4.31 Å². The van der Waals surface area contributed by atoms with Crippen LogP contribution in [0.15, 0.2) is 45.8 Å². The number of halogens is 2. The van der Waals surface area contributed by atoms with Gasteiger partial charge in [-0.05, 0) is 58.7 Å². The quantitative estimate of drug-likeness (QED) is 0.735. The van der Waals surface area contributed by atoms with E-state index < -0.39 is 15.9 Å². The van der Waals surface area contributed by atoms with Crippen LogP contribution < -0.4 is 5.32 Å². The van der Waals surface area contributed by atoms with E-state index in [2.05, 4.69) is 21.2 Å². The third-order valence-corrected chi connectivity index (χ3v) is 7.37. The van der Waals surface area contributed by atoms with Crippen LogP contribution >= 0.6 is 27.5 Å². The van der Waals surface area contributed by atoms with Crippen LogP contribution in [0.2, 0.25) is 5.02 Å². The zero-order valence-electron chi connectivity index (χ0n) is 14.5. The van der Waals surface area contributed by atoms with E-state index in [1.54, 1.807) is 31.2 Å². The zero-order chi connectivity index (χ0) is 19.6. The first kappa shape index (κ1) is 20.3. The third-order valence-electron chi connectivity index (χ3n) is 4.24.